The Kier molecular flexibility index (Phi) is 4.28. The maximum Gasteiger partial charge on any atom is 0.149 e. The van der Waals surface area contributed by atoms with E-state index in [2.05, 4.69) is 10.3 Å². The van der Waals surface area contributed by atoms with Crippen LogP contribution in [0.25, 0.3) is 0 Å². The number of thiazole rings is 1. The number of nitrogens with one attached hydrogen (secondary N) is 1. The molecule has 1 aliphatic carbocycles. The lowest BCUT2D eigenvalue weighted by Crippen LogP contribution is -2.17. The summed E-state index contributed by atoms with van der Waals surface area (Å²) in [6.45, 7) is 1.20. The third kappa shape index (κ3) is 3.98. The topological polar surface area (TPSA) is 24.9 Å². The van der Waals surface area contributed by atoms with Crippen LogP contribution in [0.4, 0.5) is 0 Å². The van der Waals surface area contributed by atoms with Crippen molar-refractivity contribution in [3.8, 4) is 0 Å². The summed E-state index contributed by atoms with van der Waals surface area (Å²) in [6, 6.07) is 0.863. The smallest absolute Gasteiger partial charge is 0.149 e. The van der Waals surface area contributed by atoms with Crippen molar-refractivity contribution in [2.45, 2.75) is 36.1 Å². The first-order chi connectivity index (χ1) is 6.95. The van der Waals surface area contributed by atoms with Gasteiger partial charge in [-0.3, -0.25) is 0 Å². The molecule has 1 N–H and O–H groups in total. The Labute approximate surface area is 93.5 Å². The van der Waals surface area contributed by atoms with Crippen LogP contribution >= 0.6 is 23.1 Å². The first kappa shape index (κ1) is 10.5. The summed E-state index contributed by atoms with van der Waals surface area (Å²) in [5.74, 6) is 1.21. The summed E-state index contributed by atoms with van der Waals surface area (Å²) in [7, 11) is 0. The molecule has 0 bridgehead atoms. The lowest BCUT2D eigenvalue weighted by molar-refractivity contribution is 0.640. The van der Waals surface area contributed by atoms with Gasteiger partial charge in [-0.1, -0.05) is 11.8 Å². The van der Waals surface area contributed by atoms with Gasteiger partial charge in [0.05, 0.1) is 0 Å². The predicted molar refractivity (Wildman–Crippen MR) is 63.1 cm³/mol. The molecule has 0 saturated heterocycles. The molecule has 1 aliphatic rings. The van der Waals surface area contributed by atoms with E-state index in [0.29, 0.717) is 0 Å². The van der Waals surface area contributed by atoms with Gasteiger partial charge < -0.3 is 5.32 Å². The highest BCUT2D eigenvalue weighted by Gasteiger charge is 2.19. The molecule has 0 atom stereocenters. The molecule has 0 spiro atoms. The van der Waals surface area contributed by atoms with Gasteiger partial charge in [-0.2, -0.15) is 0 Å². The molecule has 78 valence electrons. The van der Waals surface area contributed by atoms with Crippen LogP contribution in [0.5, 0.6) is 0 Å². The first-order valence-corrected chi connectivity index (χ1v) is 7.07. The van der Waals surface area contributed by atoms with Crippen molar-refractivity contribution in [2.75, 3.05) is 12.3 Å². The summed E-state index contributed by atoms with van der Waals surface area (Å²) in [5, 5.41) is 5.57. The van der Waals surface area contributed by atoms with Gasteiger partial charge in [0.2, 0.25) is 0 Å². The molecule has 0 unspecified atom stereocenters. The minimum Gasteiger partial charge on any atom is -0.314 e. The Balaban J connectivity index is 1.43. The van der Waals surface area contributed by atoms with E-state index in [1.165, 1.54) is 42.3 Å². The first-order valence-electron chi connectivity index (χ1n) is 5.21. The molecule has 1 aromatic rings. The van der Waals surface area contributed by atoms with Gasteiger partial charge in [0.1, 0.15) is 4.34 Å². The van der Waals surface area contributed by atoms with Crippen LogP contribution in [0.15, 0.2) is 15.9 Å². The van der Waals surface area contributed by atoms with Crippen LogP contribution in [-0.2, 0) is 0 Å². The second-order valence-electron chi connectivity index (χ2n) is 3.58. The zero-order valence-corrected chi connectivity index (χ0v) is 9.87. The minimum atomic E-state index is 0.863. The monoisotopic (exact) mass is 228 g/mol. The molecule has 2 nitrogen and oxygen atoms in total. The average Bonchev–Trinajstić information content (AvgIpc) is 2.87. The number of nitrogens with zero attached hydrogens (tertiary/aromatic N) is 1. The van der Waals surface area contributed by atoms with E-state index >= 15 is 0 Å². The lowest BCUT2D eigenvalue weighted by atomic mass is 10.3. The molecule has 0 aromatic carbocycles. The zero-order chi connectivity index (χ0) is 9.64. The highest BCUT2D eigenvalue weighted by molar-refractivity contribution is 8.00. The van der Waals surface area contributed by atoms with Gasteiger partial charge in [0.25, 0.3) is 0 Å². The van der Waals surface area contributed by atoms with E-state index in [-0.39, 0.29) is 0 Å². The minimum absolute atomic E-state index is 0.863. The number of thioether (sulfide) groups is 1. The molecule has 0 aliphatic heterocycles. The Morgan fingerprint density at radius 2 is 2.43 bits per heavy atom. The highest BCUT2D eigenvalue weighted by Crippen LogP contribution is 2.21. The Morgan fingerprint density at radius 1 is 1.50 bits per heavy atom. The van der Waals surface area contributed by atoms with Crippen LogP contribution in [0.3, 0.4) is 0 Å². The van der Waals surface area contributed by atoms with E-state index < -0.39 is 0 Å². The number of aromatic nitrogens is 1. The second kappa shape index (κ2) is 5.73. The fourth-order valence-electron chi connectivity index (χ4n) is 1.26. The SMILES string of the molecule is c1csc(SCCCCNC2CC2)n1. The van der Waals surface area contributed by atoms with Crippen molar-refractivity contribution in [3.63, 3.8) is 0 Å². The summed E-state index contributed by atoms with van der Waals surface area (Å²) in [6.07, 6.45) is 7.27. The second-order valence-corrected chi connectivity index (χ2v) is 5.82. The van der Waals surface area contributed by atoms with E-state index in [9.17, 15) is 0 Å². The normalized spacial score (nSPS) is 16.0. The van der Waals surface area contributed by atoms with Crippen LogP contribution in [0.1, 0.15) is 25.7 Å². The number of hydrogen-bond acceptors (Lipinski definition) is 4. The fourth-order valence-corrected chi connectivity index (χ4v) is 2.97. The van der Waals surface area contributed by atoms with Crippen molar-refractivity contribution in [3.05, 3.63) is 11.6 Å². The van der Waals surface area contributed by atoms with Gasteiger partial charge >= 0.3 is 0 Å². The van der Waals surface area contributed by atoms with E-state index in [1.807, 2.05) is 23.3 Å². The van der Waals surface area contributed by atoms with E-state index in [4.69, 9.17) is 0 Å². The van der Waals surface area contributed by atoms with Crippen molar-refractivity contribution >= 4 is 23.1 Å². The molecule has 0 radical (unpaired) electrons. The molecular formula is C10H16N2S2. The molecular weight excluding hydrogens is 212 g/mol. The molecule has 1 saturated carbocycles. The number of hydrogen-bond donors (Lipinski definition) is 1. The fraction of sp³-hybridized carbons (Fsp3) is 0.700. The van der Waals surface area contributed by atoms with Crippen LogP contribution in [0, 0.1) is 0 Å². The van der Waals surface area contributed by atoms with Gasteiger partial charge in [-0.05, 0) is 32.2 Å². The number of unbranched alkanes of at least 4 members (excludes halogenated alkanes) is 1. The summed E-state index contributed by atoms with van der Waals surface area (Å²) in [5.41, 5.74) is 0. The summed E-state index contributed by atoms with van der Waals surface area (Å²) in [4.78, 5) is 4.24. The average molecular weight is 228 g/mol. The third-order valence-corrected chi connectivity index (χ3v) is 4.27. The van der Waals surface area contributed by atoms with Gasteiger partial charge in [0, 0.05) is 23.4 Å². The third-order valence-electron chi connectivity index (χ3n) is 2.22. The largest absolute Gasteiger partial charge is 0.314 e. The molecule has 1 heterocycles. The van der Waals surface area contributed by atoms with Crippen molar-refractivity contribution in [1.82, 2.24) is 10.3 Å². The highest BCUT2D eigenvalue weighted by atomic mass is 32.2. The van der Waals surface area contributed by atoms with Crippen molar-refractivity contribution in [2.24, 2.45) is 0 Å². The number of rotatable bonds is 7. The van der Waals surface area contributed by atoms with E-state index in [1.54, 1.807) is 11.3 Å². The van der Waals surface area contributed by atoms with Crippen LogP contribution in [0.2, 0.25) is 0 Å². The van der Waals surface area contributed by atoms with Gasteiger partial charge in [-0.15, -0.1) is 11.3 Å². The standard InChI is InChI=1S/C10H16N2S2/c1(5-11-9-3-4-9)2-7-13-10-12-6-8-14-10/h6,8-9,11H,1-5,7H2. The molecule has 1 fully saturated rings. The molecule has 1 aromatic heterocycles. The molecule has 2 rings (SSSR count). The van der Waals surface area contributed by atoms with Crippen molar-refractivity contribution in [1.29, 1.82) is 0 Å². The molecule has 4 heteroatoms. The summed E-state index contributed by atoms with van der Waals surface area (Å²) >= 11 is 3.62. The maximum atomic E-state index is 4.24. The Bertz CT molecular complexity index is 245. The van der Waals surface area contributed by atoms with Crippen molar-refractivity contribution < 1.29 is 0 Å². The zero-order valence-electron chi connectivity index (χ0n) is 8.24. The Morgan fingerprint density at radius 3 is 3.14 bits per heavy atom. The molecule has 0 amide bonds. The van der Waals surface area contributed by atoms with Crippen LogP contribution < -0.4 is 5.32 Å². The van der Waals surface area contributed by atoms with Crippen LogP contribution in [-0.4, -0.2) is 23.3 Å². The Hall–Kier alpha value is -0.0600. The maximum absolute atomic E-state index is 4.24. The van der Waals surface area contributed by atoms with Gasteiger partial charge in [-0.25, -0.2) is 4.98 Å². The summed E-state index contributed by atoms with van der Waals surface area (Å²) < 4.78 is 1.21. The lowest BCUT2D eigenvalue weighted by Gasteiger charge is -2.01. The van der Waals surface area contributed by atoms with E-state index in [0.717, 1.165) is 6.04 Å². The van der Waals surface area contributed by atoms with Gasteiger partial charge in [0.15, 0.2) is 0 Å². The quantitative estimate of drug-likeness (QED) is 0.574. The molecule has 14 heavy (non-hydrogen) atoms. The predicted octanol–water partition coefficient (Wildman–Crippen LogP) is 2.77.